The van der Waals surface area contributed by atoms with E-state index in [4.69, 9.17) is 0 Å². The van der Waals surface area contributed by atoms with Gasteiger partial charge in [0.25, 0.3) is 0 Å². The van der Waals surface area contributed by atoms with Gasteiger partial charge in [0.05, 0.1) is 22.6 Å². The molecule has 2 aromatic heterocycles. The maximum absolute atomic E-state index is 4.61. The third kappa shape index (κ3) is 6.13. The summed E-state index contributed by atoms with van der Waals surface area (Å²) in [5.74, 6) is 1.27. The van der Waals surface area contributed by atoms with Crippen LogP contribution in [0.25, 0.3) is 0 Å². The molecule has 0 unspecified atom stereocenters. The number of hydrogen-bond acceptors (Lipinski definition) is 4. The molecule has 0 saturated heterocycles. The van der Waals surface area contributed by atoms with Crippen molar-refractivity contribution in [2.45, 2.75) is 32.9 Å². The minimum absolute atomic E-state index is 0. The van der Waals surface area contributed by atoms with Gasteiger partial charge in [-0.05, 0) is 34.0 Å². The fourth-order valence-corrected chi connectivity index (χ4v) is 3.99. The largest absolute Gasteiger partial charge is 0.352 e. The summed E-state index contributed by atoms with van der Waals surface area (Å²) < 4.78 is 1.14. The van der Waals surface area contributed by atoms with Gasteiger partial charge in [-0.3, -0.25) is 4.99 Å². The van der Waals surface area contributed by atoms with Crippen LogP contribution in [0, 0.1) is 0 Å². The third-order valence-electron chi connectivity index (χ3n) is 2.85. The van der Waals surface area contributed by atoms with Gasteiger partial charge in [-0.15, -0.1) is 46.7 Å². The van der Waals surface area contributed by atoms with Gasteiger partial charge in [-0.1, -0.05) is 13.8 Å². The number of guanidine groups is 1. The first-order valence-corrected chi connectivity index (χ1v) is 9.20. The molecule has 0 radical (unpaired) electrons. The number of rotatable bonds is 5. The lowest BCUT2D eigenvalue weighted by Gasteiger charge is -2.09. The molecular weight excluding hydrogens is 495 g/mol. The molecule has 0 aromatic carbocycles. The molecule has 2 N–H and O–H groups in total. The molecule has 0 amide bonds. The van der Waals surface area contributed by atoms with Crippen molar-refractivity contribution in [1.29, 1.82) is 0 Å². The van der Waals surface area contributed by atoms with Crippen molar-refractivity contribution in [3.8, 4) is 0 Å². The molecule has 0 saturated carbocycles. The molecule has 0 bridgehead atoms. The predicted octanol–water partition coefficient (Wildman–Crippen LogP) is 4.57. The van der Waals surface area contributed by atoms with Crippen molar-refractivity contribution in [2.75, 3.05) is 7.05 Å². The van der Waals surface area contributed by atoms with Crippen molar-refractivity contribution in [3.05, 3.63) is 36.9 Å². The summed E-state index contributed by atoms with van der Waals surface area (Å²) in [6.07, 6.45) is 0. The fraction of sp³-hybridized carbons (Fsp3) is 0.429. The molecule has 2 rings (SSSR count). The van der Waals surface area contributed by atoms with Crippen LogP contribution in [-0.4, -0.2) is 18.0 Å². The Morgan fingerprint density at radius 3 is 2.59 bits per heavy atom. The van der Waals surface area contributed by atoms with E-state index in [-0.39, 0.29) is 24.0 Å². The van der Waals surface area contributed by atoms with Crippen molar-refractivity contribution >= 4 is 68.5 Å². The molecule has 2 heterocycles. The Labute approximate surface area is 165 Å². The number of nitrogens with zero attached hydrogens (tertiary/aromatic N) is 2. The zero-order chi connectivity index (χ0) is 15.2. The van der Waals surface area contributed by atoms with Crippen molar-refractivity contribution in [3.63, 3.8) is 0 Å². The number of thiophene rings is 1. The fourth-order valence-electron chi connectivity index (χ4n) is 1.67. The van der Waals surface area contributed by atoms with Crippen LogP contribution in [0.1, 0.15) is 35.3 Å². The summed E-state index contributed by atoms with van der Waals surface area (Å²) in [5.41, 5.74) is 1.16. The molecule has 0 atom stereocenters. The summed E-state index contributed by atoms with van der Waals surface area (Å²) in [4.78, 5) is 10.1. The summed E-state index contributed by atoms with van der Waals surface area (Å²) in [5, 5.41) is 9.81. The Kier molecular flexibility index (Phi) is 8.88. The van der Waals surface area contributed by atoms with Crippen LogP contribution in [0.5, 0.6) is 0 Å². The highest BCUT2D eigenvalue weighted by Gasteiger charge is 2.06. The standard InChI is InChI=1S/C14H19BrN4S2.HI/c1-9(2)11-8-20-13(19-11)7-18-14(16-3)17-6-10-4-5-12(15)21-10;/h4-5,8-9H,6-7H2,1-3H3,(H2,16,17,18);1H. The highest BCUT2D eigenvalue weighted by Crippen LogP contribution is 2.21. The van der Waals surface area contributed by atoms with Crippen molar-refractivity contribution in [2.24, 2.45) is 4.99 Å². The van der Waals surface area contributed by atoms with Gasteiger partial charge in [0, 0.05) is 17.3 Å². The Balaban J connectivity index is 0.00000242. The number of halogens is 2. The van der Waals surface area contributed by atoms with Crippen LogP contribution in [0.15, 0.2) is 26.3 Å². The van der Waals surface area contributed by atoms with E-state index >= 15 is 0 Å². The van der Waals surface area contributed by atoms with Gasteiger partial charge in [0.1, 0.15) is 5.01 Å². The number of nitrogens with one attached hydrogen (secondary N) is 2. The highest BCUT2D eigenvalue weighted by atomic mass is 127. The molecule has 0 fully saturated rings. The molecule has 0 aliphatic carbocycles. The minimum atomic E-state index is 0. The van der Waals surface area contributed by atoms with E-state index in [1.807, 2.05) is 0 Å². The monoisotopic (exact) mass is 514 g/mol. The molecule has 122 valence electrons. The van der Waals surface area contributed by atoms with Gasteiger partial charge < -0.3 is 10.6 Å². The molecule has 0 aliphatic heterocycles. The van der Waals surface area contributed by atoms with Gasteiger partial charge in [-0.25, -0.2) is 4.98 Å². The van der Waals surface area contributed by atoms with Crippen LogP contribution >= 0.6 is 62.6 Å². The van der Waals surface area contributed by atoms with Gasteiger partial charge in [0.2, 0.25) is 0 Å². The number of aromatic nitrogens is 1. The molecule has 2 aromatic rings. The Morgan fingerprint density at radius 1 is 1.32 bits per heavy atom. The average molecular weight is 515 g/mol. The maximum atomic E-state index is 4.61. The maximum Gasteiger partial charge on any atom is 0.191 e. The molecule has 8 heteroatoms. The van der Waals surface area contributed by atoms with E-state index in [1.165, 1.54) is 4.88 Å². The molecule has 0 aliphatic rings. The van der Waals surface area contributed by atoms with Crippen LogP contribution in [0.3, 0.4) is 0 Å². The van der Waals surface area contributed by atoms with Gasteiger partial charge in [-0.2, -0.15) is 0 Å². The Hall–Kier alpha value is -0.190. The van der Waals surface area contributed by atoms with E-state index in [2.05, 4.69) is 67.9 Å². The van der Waals surface area contributed by atoms with Crippen molar-refractivity contribution in [1.82, 2.24) is 15.6 Å². The molecule has 22 heavy (non-hydrogen) atoms. The van der Waals surface area contributed by atoms with E-state index in [9.17, 15) is 0 Å². The second-order valence-corrected chi connectivity index (χ2v) is 8.30. The van der Waals surface area contributed by atoms with Gasteiger partial charge in [0.15, 0.2) is 5.96 Å². The Bertz CT molecular complexity index is 610. The normalized spacial score (nSPS) is 11.4. The van der Waals surface area contributed by atoms with E-state index in [1.54, 1.807) is 29.7 Å². The molecule has 4 nitrogen and oxygen atoms in total. The summed E-state index contributed by atoms with van der Waals surface area (Å²) in [6.45, 7) is 5.79. The summed E-state index contributed by atoms with van der Waals surface area (Å²) in [7, 11) is 1.78. The lowest BCUT2D eigenvalue weighted by Crippen LogP contribution is -2.36. The van der Waals surface area contributed by atoms with Gasteiger partial charge >= 0.3 is 0 Å². The second kappa shape index (κ2) is 9.84. The first-order valence-electron chi connectivity index (χ1n) is 6.71. The lowest BCUT2D eigenvalue weighted by molar-refractivity contribution is 0.788. The van der Waals surface area contributed by atoms with E-state index < -0.39 is 0 Å². The summed E-state index contributed by atoms with van der Waals surface area (Å²) in [6, 6.07) is 4.16. The number of thiazole rings is 1. The van der Waals surface area contributed by atoms with Crippen molar-refractivity contribution < 1.29 is 0 Å². The molecular formula is C14H20BrIN4S2. The summed E-state index contributed by atoms with van der Waals surface area (Å²) >= 11 is 6.88. The minimum Gasteiger partial charge on any atom is -0.352 e. The third-order valence-corrected chi connectivity index (χ3v) is 5.34. The zero-order valence-electron chi connectivity index (χ0n) is 12.7. The van der Waals surface area contributed by atoms with E-state index in [0.29, 0.717) is 12.5 Å². The Morgan fingerprint density at radius 2 is 2.05 bits per heavy atom. The van der Waals surface area contributed by atoms with Crippen LogP contribution in [-0.2, 0) is 13.1 Å². The number of aliphatic imine (C=N–C) groups is 1. The highest BCUT2D eigenvalue weighted by molar-refractivity contribution is 14.0. The quantitative estimate of drug-likeness (QED) is 0.349. The molecule has 0 spiro atoms. The smallest absolute Gasteiger partial charge is 0.191 e. The first kappa shape index (κ1) is 19.9. The topological polar surface area (TPSA) is 49.3 Å². The average Bonchev–Trinajstić information content (AvgIpc) is 3.08. The number of hydrogen-bond donors (Lipinski definition) is 2. The van der Waals surface area contributed by atoms with Crippen LogP contribution in [0.4, 0.5) is 0 Å². The predicted molar refractivity (Wildman–Crippen MR) is 111 cm³/mol. The SMILES string of the molecule is CN=C(NCc1ccc(Br)s1)NCc1nc(C(C)C)cs1.I. The second-order valence-electron chi connectivity index (χ2n) is 4.81. The van der Waals surface area contributed by atoms with E-state index in [0.717, 1.165) is 27.0 Å². The van der Waals surface area contributed by atoms with Crippen LogP contribution in [0.2, 0.25) is 0 Å². The first-order chi connectivity index (χ1) is 10.1. The van der Waals surface area contributed by atoms with Crippen LogP contribution < -0.4 is 10.6 Å². The zero-order valence-corrected chi connectivity index (χ0v) is 18.3. The lowest BCUT2D eigenvalue weighted by atomic mass is 10.2.